The molecule has 1 aliphatic rings. The second-order valence-corrected chi connectivity index (χ2v) is 7.23. The maximum atomic E-state index is 13.2. The Morgan fingerprint density at radius 3 is 2.34 bits per heavy atom. The van der Waals surface area contributed by atoms with Gasteiger partial charge >= 0.3 is 0 Å². The third-order valence-corrected chi connectivity index (χ3v) is 5.11. The summed E-state index contributed by atoms with van der Waals surface area (Å²) in [4.78, 5) is 27.2. The van der Waals surface area contributed by atoms with Crippen LogP contribution in [0.5, 0.6) is 0 Å². The predicted octanol–water partition coefficient (Wildman–Crippen LogP) is 4.98. The molecule has 1 aliphatic heterocycles. The number of carbonyl (C=O) groups is 2. The van der Waals surface area contributed by atoms with Crippen molar-refractivity contribution in [1.29, 1.82) is 0 Å². The molecule has 0 saturated carbocycles. The topological polar surface area (TPSA) is 49.4 Å². The monoisotopic (exact) mass is 388 g/mol. The number of aryl methyl sites for hydroxylation is 2. The van der Waals surface area contributed by atoms with Crippen LogP contribution < -0.4 is 10.2 Å². The quantitative estimate of drug-likeness (QED) is 0.688. The summed E-state index contributed by atoms with van der Waals surface area (Å²) in [6, 6.07) is 18.6. The Morgan fingerprint density at radius 1 is 0.931 bits per heavy atom. The minimum atomic E-state index is -0.371. The zero-order chi connectivity index (χ0) is 20.4. The molecule has 4 nitrogen and oxygen atoms in total. The number of fused-ring (bicyclic) bond motifs is 1. The van der Waals surface area contributed by atoms with Crippen molar-refractivity contribution in [2.75, 3.05) is 16.8 Å². The molecule has 0 bridgehead atoms. The number of halogens is 1. The van der Waals surface area contributed by atoms with Gasteiger partial charge in [0.15, 0.2) is 0 Å². The van der Waals surface area contributed by atoms with Crippen molar-refractivity contribution in [1.82, 2.24) is 0 Å². The first kappa shape index (κ1) is 18.9. The highest BCUT2D eigenvalue weighted by Crippen LogP contribution is 2.30. The van der Waals surface area contributed by atoms with Crippen LogP contribution in [-0.4, -0.2) is 18.4 Å². The fourth-order valence-corrected chi connectivity index (χ4v) is 3.54. The smallest absolute Gasteiger partial charge is 0.258 e. The van der Waals surface area contributed by atoms with E-state index in [9.17, 15) is 14.0 Å². The van der Waals surface area contributed by atoms with E-state index in [1.54, 1.807) is 11.0 Å². The van der Waals surface area contributed by atoms with Crippen LogP contribution >= 0.6 is 0 Å². The number of hydrogen-bond acceptors (Lipinski definition) is 2. The van der Waals surface area contributed by atoms with E-state index >= 15 is 0 Å². The summed E-state index contributed by atoms with van der Waals surface area (Å²) >= 11 is 0. The minimum Gasteiger partial charge on any atom is -0.322 e. The second kappa shape index (κ2) is 7.87. The van der Waals surface area contributed by atoms with Gasteiger partial charge in [0, 0.05) is 29.0 Å². The van der Waals surface area contributed by atoms with Crippen LogP contribution in [0.4, 0.5) is 15.8 Å². The van der Waals surface area contributed by atoms with E-state index in [-0.39, 0.29) is 17.6 Å². The molecule has 0 atom stereocenters. The average molecular weight is 388 g/mol. The maximum Gasteiger partial charge on any atom is 0.258 e. The van der Waals surface area contributed by atoms with Crippen LogP contribution in [-0.2, 0) is 6.42 Å². The van der Waals surface area contributed by atoms with Crippen molar-refractivity contribution in [3.63, 3.8) is 0 Å². The number of amides is 2. The predicted molar refractivity (Wildman–Crippen MR) is 112 cm³/mol. The zero-order valence-electron chi connectivity index (χ0n) is 16.1. The highest BCUT2D eigenvalue weighted by atomic mass is 19.1. The summed E-state index contributed by atoms with van der Waals surface area (Å²) in [5, 5.41) is 2.90. The first-order valence-corrected chi connectivity index (χ1v) is 9.59. The van der Waals surface area contributed by atoms with Gasteiger partial charge in [0.2, 0.25) is 0 Å². The van der Waals surface area contributed by atoms with Crippen LogP contribution in [0.15, 0.2) is 66.7 Å². The number of rotatable bonds is 3. The molecule has 5 heteroatoms. The summed E-state index contributed by atoms with van der Waals surface area (Å²) in [6.45, 7) is 2.59. The van der Waals surface area contributed by atoms with Crippen LogP contribution in [0.2, 0.25) is 0 Å². The molecule has 2 amide bonds. The van der Waals surface area contributed by atoms with Gasteiger partial charge in [0.05, 0.1) is 0 Å². The summed E-state index contributed by atoms with van der Waals surface area (Å²) in [5.74, 6) is -0.716. The molecule has 0 fully saturated rings. The van der Waals surface area contributed by atoms with Gasteiger partial charge in [-0.3, -0.25) is 9.59 Å². The van der Waals surface area contributed by atoms with Gasteiger partial charge in [-0.1, -0.05) is 17.7 Å². The number of anilines is 2. The van der Waals surface area contributed by atoms with E-state index in [0.29, 0.717) is 17.7 Å². The van der Waals surface area contributed by atoms with Gasteiger partial charge in [-0.2, -0.15) is 0 Å². The second-order valence-electron chi connectivity index (χ2n) is 7.23. The van der Waals surface area contributed by atoms with E-state index in [1.165, 1.54) is 24.3 Å². The minimum absolute atomic E-state index is 0.164. The third kappa shape index (κ3) is 4.04. The lowest BCUT2D eigenvalue weighted by Crippen LogP contribution is -2.35. The number of benzene rings is 3. The molecule has 4 rings (SSSR count). The molecular formula is C24H21FN2O2. The molecule has 0 spiro atoms. The standard InChI is InChI=1S/C24H21FN2O2/c1-16-4-11-21(12-5-16)26-23(28)19-8-13-22-18(15-19)3-2-14-27(22)24(29)17-6-9-20(25)10-7-17/h4-13,15H,2-3,14H2,1H3,(H,26,28). The number of nitrogens with zero attached hydrogens (tertiary/aromatic N) is 1. The van der Waals surface area contributed by atoms with Gasteiger partial charge in [-0.05, 0) is 79.9 Å². The molecule has 3 aromatic rings. The number of hydrogen-bond donors (Lipinski definition) is 1. The van der Waals surface area contributed by atoms with Crippen molar-refractivity contribution < 1.29 is 14.0 Å². The Labute approximate surface area is 169 Å². The molecule has 0 radical (unpaired) electrons. The molecule has 0 aromatic heterocycles. The van der Waals surface area contributed by atoms with Gasteiger partial charge in [0.25, 0.3) is 11.8 Å². The van der Waals surface area contributed by atoms with Crippen LogP contribution in [0.1, 0.15) is 38.3 Å². The summed E-state index contributed by atoms with van der Waals surface area (Å²) in [5.41, 5.74) is 4.63. The van der Waals surface area contributed by atoms with Gasteiger partial charge in [0.1, 0.15) is 5.82 Å². The zero-order valence-corrected chi connectivity index (χ0v) is 16.1. The van der Waals surface area contributed by atoms with Crippen molar-refractivity contribution in [2.24, 2.45) is 0 Å². The van der Waals surface area contributed by atoms with E-state index in [0.717, 1.165) is 35.3 Å². The average Bonchev–Trinajstić information content (AvgIpc) is 2.74. The molecule has 3 aromatic carbocycles. The lowest BCUT2D eigenvalue weighted by molar-refractivity contribution is 0.0984. The molecule has 0 saturated heterocycles. The Morgan fingerprint density at radius 2 is 1.62 bits per heavy atom. The normalized spacial score (nSPS) is 13.0. The fourth-order valence-electron chi connectivity index (χ4n) is 3.54. The van der Waals surface area contributed by atoms with Crippen molar-refractivity contribution >= 4 is 23.2 Å². The number of nitrogens with one attached hydrogen (secondary N) is 1. The lowest BCUT2D eigenvalue weighted by atomic mass is 9.98. The Bertz CT molecular complexity index is 1060. The van der Waals surface area contributed by atoms with Crippen LogP contribution in [0.25, 0.3) is 0 Å². The Hall–Kier alpha value is -3.47. The Balaban J connectivity index is 1.56. The third-order valence-electron chi connectivity index (χ3n) is 5.11. The highest BCUT2D eigenvalue weighted by Gasteiger charge is 2.24. The highest BCUT2D eigenvalue weighted by molar-refractivity contribution is 6.08. The maximum absolute atomic E-state index is 13.2. The molecule has 29 heavy (non-hydrogen) atoms. The van der Waals surface area contributed by atoms with Gasteiger partial charge in [-0.25, -0.2) is 4.39 Å². The van der Waals surface area contributed by atoms with Gasteiger partial charge < -0.3 is 10.2 Å². The van der Waals surface area contributed by atoms with Gasteiger partial charge in [-0.15, -0.1) is 0 Å². The van der Waals surface area contributed by atoms with E-state index in [4.69, 9.17) is 0 Å². The Kier molecular flexibility index (Phi) is 5.12. The summed E-state index contributed by atoms with van der Waals surface area (Å²) in [6.07, 6.45) is 1.61. The van der Waals surface area contributed by atoms with Crippen LogP contribution in [0.3, 0.4) is 0 Å². The van der Waals surface area contributed by atoms with Crippen LogP contribution in [0, 0.1) is 12.7 Å². The molecule has 0 aliphatic carbocycles. The largest absolute Gasteiger partial charge is 0.322 e. The molecule has 0 unspecified atom stereocenters. The molecular weight excluding hydrogens is 367 g/mol. The lowest BCUT2D eigenvalue weighted by Gasteiger charge is -2.30. The van der Waals surface area contributed by atoms with Crippen molar-refractivity contribution in [3.05, 3.63) is 94.8 Å². The first-order chi connectivity index (χ1) is 14.0. The molecule has 146 valence electrons. The van der Waals surface area contributed by atoms with Crippen molar-refractivity contribution in [2.45, 2.75) is 19.8 Å². The van der Waals surface area contributed by atoms with E-state index in [1.807, 2.05) is 43.3 Å². The fraction of sp³-hybridized carbons (Fsp3) is 0.167. The first-order valence-electron chi connectivity index (χ1n) is 9.59. The van der Waals surface area contributed by atoms with E-state index < -0.39 is 0 Å². The molecule has 1 heterocycles. The van der Waals surface area contributed by atoms with E-state index in [2.05, 4.69) is 5.32 Å². The summed E-state index contributed by atoms with van der Waals surface area (Å²) in [7, 11) is 0. The number of carbonyl (C=O) groups excluding carboxylic acids is 2. The summed E-state index contributed by atoms with van der Waals surface area (Å²) < 4.78 is 13.2. The van der Waals surface area contributed by atoms with Crippen molar-refractivity contribution in [3.8, 4) is 0 Å². The SMILES string of the molecule is Cc1ccc(NC(=O)c2ccc3c(c2)CCCN3C(=O)c2ccc(F)cc2)cc1. The molecule has 1 N–H and O–H groups in total.